The minimum absolute atomic E-state index is 0.0703. The number of carbonyl (C=O) groups is 1. The zero-order valence-corrected chi connectivity index (χ0v) is 8.67. The maximum atomic E-state index is 11.7. The minimum Gasteiger partial charge on any atom is -0.353 e. The summed E-state index contributed by atoms with van der Waals surface area (Å²) in [5.74, 6) is 1.04. The summed E-state index contributed by atoms with van der Waals surface area (Å²) in [6.45, 7) is 0.509. The summed E-state index contributed by atoms with van der Waals surface area (Å²) in [7, 11) is 0. The predicted molar refractivity (Wildman–Crippen MR) is 55.7 cm³/mol. The fraction of sp³-hybridized carbons (Fsp3) is 0.909. The molecule has 2 rings (SSSR count). The van der Waals surface area contributed by atoms with Gasteiger partial charge >= 0.3 is 0 Å². The number of nitrogens with two attached hydrogens (primary N) is 1. The first-order valence-electron chi connectivity index (χ1n) is 5.80. The normalized spacial score (nSPS) is 24.1. The summed E-state index contributed by atoms with van der Waals surface area (Å²) in [6.07, 6.45) is 7.26. The molecule has 2 aliphatic carbocycles. The summed E-state index contributed by atoms with van der Waals surface area (Å²) in [5.41, 5.74) is 5.64. The third-order valence-corrected chi connectivity index (χ3v) is 3.42. The highest BCUT2D eigenvalue weighted by Crippen LogP contribution is 2.32. The Balaban J connectivity index is 1.74. The van der Waals surface area contributed by atoms with Crippen LogP contribution in [0.5, 0.6) is 0 Å². The van der Waals surface area contributed by atoms with Gasteiger partial charge in [0.25, 0.3) is 0 Å². The van der Waals surface area contributed by atoms with Crippen LogP contribution < -0.4 is 11.1 Å². The summed E-state index contributed by atoms with van der Waals surface area (Å²) in [5, 5.41) is 3.04. The van der Waals surface area contributed by atoms with E-state index in [1.807, 2.05) is 0 Å². The van der Waals surface area contributed by atoms with E-state index < -0.39 is 0 Å². The van der Waals surface area contributed by atoms with Crippen molar-refractivity contribution < 1.29 is 4.79 Å². The van der Waals surface area contributed by atoms with E-state index in [4.69, 9.17) is 5.73 Å². The average molecular weight is 196 g/mol. The molecule has 0 aromatic carbocycles. The highest BCUT2D eigenvalue weighted by atomic mass is 16.2. The van der Waals surface area contributed by atoms with Crippen LogP contribution in [0.4, 0.5) is 0 Å². The minimum atomic E-state index is 0.0703. The fourth-order valence-corrected chi connectivity index (χ4v) is 1.99. The second-order valence-electron chi connectivity index (χ2n) is 4.75. The Bertz CT molecular complexity index is 209. The van der Waals surface area contributed by atoms with Gasteiger partial charge in [-0.15, -0.1) is 0 Å². The second-order valence-corrected chi connectivity index (χ2v) is 4.75. The lowest BCUT2D eigenvalue weighted by molar-refractivity contribution is -0.125. The molecular formula is C11H20N2O. The molecule has 14 heavy (non-hydrogen) atoms. The summed E-state index contributed by atoms with van der Waals surface area (Å²) >= 11 is 0. The predicted octanol–water partition coefficient (Wildman–Crippen LogP) is 1.03. The largest absolute Gasteiger partial charge is 0.353 e. The van der Waals surface area contributed by atoms with Gasteiger partial charge in [-0.1, -0.05) is 19.3 Å². The lowest BCUT2D eigenvalue weighted by Crippen LogP contribution is -2.38. The van der Waals surface area contributed by atoms with Crippen LogP contribution in [0, 0.1) is 11.8 Å². The van der Waals surface area contributed by atoms with Crippen molar-refractivity contribution in [2.24, 2.45) is 17.6 Å². The molecule has 80 valence electrons. The maximum Gasteiger partial charge on any atom is 0.224 e. The Morgan fingerprint density at radius 2 is 2.07 bits per heavy atom. The molecule has 2 aliphatic rings. The van der Waals surface area contributed by atoms with Gasteiger partial charge in [-0.2, -0.15) is 0 Å². The van der Waals surface area contributed by atoms with Crippen molar-refractivity contribution in [1.82, 2.24) is 5.32 Å². The molecule has 0 radical (unpaired) electrons. The van der Waals surface area contributed by atoms with Gasteiger partial charge in [0.2, 0.25) is 5.91 Å². The molecule has 0 aromatic rings. The van der Waals surface area contributed by atoms with E-state index in [1.165, 1.54) is 19.3 Å². The monoisotopic (exact) mass is 196 g/mol. The van der Waals surface area contributed by atoms with Gasteiger partial charge in [0.1, 0.15) is 0 Å². The van der Waals surface area contributed by atoms with Crippen LogP contribution in [-0.4, -0.2) is 18.5 Å². The number of nitrogens with one attached hydrogen (secondary N) is 1. The molecule has 0 aromatic heterocycles. The average Bonchev–Trinajstić information content (AvgIpc) is 2.86. The van der Waals surface area contributed by atoms with Crippen molar-refractivity contribution in [3.63, 3.8) is 0 Å². The molecule has 1 amide bonds. The van der Waals surface area contributed by atoms with Gasteiger partial charge in [-0.25, -0.2) is 0 Å². The number of hydrogen-bond donors (Lipinski definition) is 2. The van der Waals surface area contributed by atoms with E-state index in [0.717, 1.165) is 25.2 Å². The molecule has 0 spiro atoms. The molecule has 0 bridgehead atoms. The standard InChI is InChI=1S/C11H20N2O/c12-7-9(6-8-2-1-3-8)11(14)13-10-4-5-10/h8-10H,1-7,12H2,(H,13,14). The lowest BCUT2D eigenvalue weighted by Gasteiger charge is -2.28. The fourth-order valence-electron chi connectivity index (χ4n) is 1.99. The number of carbonyl (C=O) groups excluding carboxylic acids is 1. The van der Waals surface area contributed by atoms with E-state index in [9.17, 15) is 4.79 Å². The summed E-state index contributed by atoms with van der Waals surface area (Å²) < 4.78 is 0. The van der Waals surface area contributed by atoms with Crippen molar-refractivity contribution in [1.29, 1.82) is 0 Å². The number of amides is 1. The molecule has 2 saturated carbocycles. The number of rotatable bonds is 5. The maximum absolute atomic E-state index is 11.7. The third-order valence-electron chi connectivity index (χ3n) is 3.42. The van der Waals surface area contributed by atoms with Crippen LogP contribution >= 0.6 is 0 Å². The van der Waals surface area contributed by atoms with Gasteiger partial charge in [-0.05, 0) is 25.2 Å². The summed E-state index contributed by atoms with van der Waals surface area (Å²) in [6, 6.07) is 0.470. The topological polar surface area (TPSA) is 55.1 Å². The molecule has 1 atom stereocenters. The number of hydrogen-bond acceptors (Lipinski definition) is 2. The summed E-state index contributed by atoms with van der Waals surface area (Å²) in [4.78, 5) is 11.7. The van der Waals surface area contributed by atoms with Crippen LogP contribution in [0.25, 0.3) is 0 Å². The van der Waals surface area contributed by atoms with E-state index in [0.29, 0.717) is 12.6 Å². The lowest BCUT2D eigenvalue weighted by atomic mass is 9.79. The first kappa shape index (κ1) is 9.97. The van der Waals surface area contributed by atoms with E-state index in [2.05, 4.69) is 5.32 Å². The van der Waals surface area contributed by atoms with Crippen molar-refractivity contribution in [2.75, 3.05) is 6.54 Å². The van der Waals surface area contributed by atoms with E-state index >= 15 is 0 Å². The molecular weight excluding hydrogens is 176 g/mol. The quantitative estimate of drug-likeness (QED) is 0.690. The van der Waals surface area contributed by atoms with Crippen LogP contribution in [0.2, 0.25) is 0 Å². The molecule has 2 fully saturated rings. The molecule has 0 aliphatic heterocycles. The Kier molecular flexibility index (Phi) is 3.06. The van der Waals surface area contributed by atoms with Gasteiger partial charge in [0.15, 0.2) is 0 Å². The Morgan fingerprint density at radius 3 is 2.50 bits per heavy atom. The molecule has 3 N–H and O–H groups in total. The first-order chi connectivity index (χ1) is 6.79. The Morgan fingerprint density at radius 1 is 1.36 bits per heavy atom. The van der Waals surface area contributed by atoms with Crippen molar-refractivity contribution >= 4 is 5.91 Å². The zero-order chi connectivity index (χ0) is 9.97. The van der Waals surface area contributed by atoms with Crippen molar-refractivity contribution in [3.05, 3.63) is 0 Å². The molecule has 0 saturated heterocycles. The zero-order valence-electron chi connectivity index (χ0n) is 8.67. The Labute approximate surface area is 85.4 Å². The molecule has 3 heteroatoms. The highest BCUT2D eigenvalue weighted by molar-refractivity contribution is 5.79. The molecule has 1 unspecified atom stereocenters. The van der Waals surface area contributed by atoms with Gasteiger partial charge < -0.3 is 11.1 Å². The van der Waals surface area contributed by atoms with Gasteiger partial charge in [0, 0.05) is 12.6 Å². The van der Waals surface area contributed by atoms with E-state index in [1.54, 1.807) is 0 Å². The van der Waals surface area contributed by atoms with Crippen LogP contribution in [-0.2, 0) is 4.79 Å². The highest BCUT2D eigenvalue weighted by Gasteiger charge is 2.29. The van der Waals surface area contributed by atoms with Crippen LogP contribution in [0.15, 0.2) is 0 Å². The van der Waals surface area contributed by atoms with Crippen LogP contribution in [0.1, 0.15) is 38.5 Å². The van der Waals surface area contributed by atoms with E-state index in [-0.39, 0.29) is 11.8 Å². The van der Waals surface area contributed by atoms with Gasteiger partial charge in [0.05, 0.1) is 5.92 Å². The first-order valence-corrected chi connectivity index (χ1v) is 5.80. The second kappa shape index (κ2) is 4.30. The van der Waals surface area contributed by atoms with Crippen molar-refractivity contribution in [3.8, 4) is 0 Å². The Hall–Kier alpha value is -0.570. The molecule has 3 nitrogen and oxygen atoms in total. The third kappa shape index (κ3) is 2.47. The van der Waals surface area contributed by atoms with Crippen molar-refractivity contribution in [2.45, 2.75) is 44.6 Å². The van der Waals surface area contributed by atoms with Gasteiger partial charge in [-0.3, -0.25) is 4.79 Å². The van der Waals surface area contributed by atoms with Crippen LogP contribution in [0.3, 0.4) is 0 Å². The SMILES string of the molecule is NCC(CC1CCC1)C(=O)NC1CC1. The smallest absolute Gasteiger partial charge is 0.224 e. The molecule has 0 heterocycles.